The van der Waals surface area contributed by atoms with Crippen LogP contribution in [0.4, 0.5) is 0 Å². The smallest absolute Gasteiger partial charge is 0.193 e. The van der Waals surface area contributed by atoms with Gasteiger partial charge < -0.3 is 9.53 Å². The van der Waals surface area contributed by atoms with Crippen molar-refractivity contribution in [1.82, 2.24) is 0 Å². The first-order valence-corrected chi connectivity index (χ1v) is 8.95. The molecule has 2 nitrogen and oxygen atoms in total. The third-order valence-electron chi connectivity index (χ3n) is 4.24. The Kier molecular flexibility index (Phi) is 3.46. The van der Waals surface area contributed by atoms with Crippen LogP contribution in [0.15, 0.2) is 12.2 Å². The molecule has 0 radical (unpaired) electrons. The molecule has 0 aromatic rings. The molecule has 0 aromatic heterocycles. The van der Waals surface area contributed by atoms with Crippen LogP contribution in [0.3, 0.4) is 0 Å². The van der Waals surface area contributed by atoms with Crippen molar-refractivity contribution in [3.8, 4) is 0 Å². The van der Waals surface area contributed by atoms with Crippen LogP contribution in [0.1, 0.15) is 34.1 Å². The van der Waals surface area contributed by atoms with E-state index in [2.05, 4.69) is 40.4 Å². The molecule has 0 aromatic carbocycles. The van der Waals surface area contributed by atoms with E-state index in [1.54, 1.807) is 0 Å². The van der Waals surface area contributed by atoms with Crippen LogP contribution in [0.25, 0.3) is 0 Å². The molecule has 0 amide bonds. The van der Waals surface area contributed by atoms with Gasteiger partial charge in [-0.3, -0.25) is 0 Å². The minimum absolute atomic E-state index is 0.206. The van der Waals surface area contributed by atoms with E-state index in [1.807, 2.05) is 6.92 Å². The highest BCUT2D eigenvalue weighted by molar-refractivity contribution is 6.74. The fourth-order valence-corrected chi connectivity index (χ4v) is 3.50. The van der Waals surface area contributed by atoms with E-state index in [0.717, 1.165) is 12.0 Å². The summed E-state index contributed by atoms with van der Waals surface area (Å²) in [6.07, 6.45) is 0.936. The lowest BCUT2D eigenvalue weighted by molar-refractivity contribution is 0.151. The molecule has 1 rings (SSSR count). The number of aliphatic hydroxyl groups is 1. The lowest BCUT2D eigenvalue weighted by atomic mass is 10.1. The van der Waals surface area contributed by atoms with Crippen LogP contribution >= 0.6 is 0 Å². The van der Waals surface area contributed by atoms with E-state index in [0.29, 0.717) is 0 Å². The molecule has 0 aliphatic heterocycles. The van der Waals surface area contributed by atoms with Gasteiger partial charge in [-0.2, -0.15) is 0 Å². The zero-order valence-corrected chi connectivity index (χ0v) is 12.6. The molecule has 1 fully saturated rings. The Hall–Kier alpha value is -0.123. The summed E-state index contributed by atoms with van der Waals surface area (Å²) < 4.78 is 6.45. The Morgan fingerprint density at radius 3 is 2.25 bits per heavy atom. The molecular weight excluding hydrogens is 216 g/mol. The third kappa shape index (κ3) is 2.26. The number of rotatable bonds is 4. The molecule has 94 valence electrons. The Bertz CT molecular complexity index is 291. The third-order valence-corrected chi connectivity index (χ3v) is 8.72. The van der Waals surface area contributed by atoms with Crippen molar-refractivity contribution in [2.45, 2.75) is 57.8 Å². The van der Waals surface area contributed by atoms with Gasteiger partial charge in [0.1, 0.15) is 0 Å². The highest BCUT2D eigenvalue weighted by atomic mass is 28.4. The first-order chi connectivity index (χ1) is 7.07. The summed E-state index contributed by atoms with van der Waals surface area (Å²) >= 11 is 0. The molecule has 16 heavy (non-hydrogen) atoms. The Morgan fingerprint density at radius 1 is 1.50 bits per heavy atom. The fourth-order valence-electron chi connectivity index (χ4n) is 1.86. The Balaban J connectivity index is 2.84. The van der Waals surface area contributed by atoms with Gasteiger partial charge in [0.05, 0.1) is 5.60 Å². The van der Waals surface area contributed by atoms with Crippen molar-refractivity contribution < 1.29 is 9.53 Å². The molecule has 0 bridgehead atoms. The average molecular weight is 242 g/mol. The van der Waals surface area contributed by atoms with Crippen molar-refractivity contribution in [3.05, 3.63) is 12.2 Å². The topological polar surface area (TPSA) is 29.5 Å². The average Bonchev–Trinajstić information content (AvgIpc) is 2.77. The van der Waals surface area contributed by atoms with E-state index in [-0.39, 0.29) is 23.2 Å². The fraction of sp³-hybridized carbons (Fsp3) is 0.846. The minimum Gasteiger partial charge on any atom is -0.407 e. The maximum atomic E-state index is 9.28. The SMILES string of the molecule is C=C(C)[C@]1(O[Si](C)(C)C(C)(C)C)C[C@@H]1CO. The number of aliphatic hydroxyl groups excluding tert-OH is 1. The molecule has 0 heterocycles. The Morgan fingerprint density at radius 2 is 2.00 bits per heavy atom. The molecule has 0 saturated heterocycles. The highest BCUT2D eigenvalue weighted by Gasteiger charge is 2.59. The quantitative estimate of drug-likeness (QED) is 0.605. The van der Waals surface area contributed by atoms with Gasteiger partial charge in [-0.05, 0) is 37.0 Å². The molecular formula is C13H26O2Si. The molecule has 0 spiro atoms. The second-order valence-electron chi connectivity index (χ2n) is 6.62. The van der Waals surface area contributed by atoms with Crippen molar-refractivity contribution in [3.63, 3.8) is 0 Å². The molecule has 0 unspecified atom stereocenters. The van der Waals surface area contributed by atoms with Gasteiger partial charge in [-0.15, -0.1) is 0 Å². The van der Waals surface area contributed by atoms with E-state index in [4.69, 9.17) is 4.43 Å². The van der Waals surface area contributed by atoms with E-state index in [1.165, 1.54) is 0 Å². The minimum atomic E-state index is -1.77. The van der Waals surface area contributed by atoms with Gasteiger partial charge in [0.2, 0.25) is 0 Å². The summed E-state index contributed by atoms with van der Waals surface area (Å²) in [7, 11) is -1.77. The van der Waals surface area contributed by atoms with Crippen LogP contribution in [0.2, 0.25) is 18.1 Å². The monoisotopic (exact) mass is 242 g/mol. The van der Waals surface area contributed by atoms with Crippen molar-refractivity contribution in [2.75, 3.05) is 6.61 Å². The molecule has 1 N–H and O–H groups in total. The van der Waals surface area contributed by atoms with Gasteiger partial charge in [-0.25, -0.2) is 0 Å². The van der Waals surface area contributed by atoms with Gasteiger partial charge in [-0.1, -0.05) is 27.4 Å². The maximum absolute atomic E-state index is 9.28. The summed E-state index contributed by atoms with van der Waals surface area (Å²) in [5.41, 5.74) is 0.842. The van der Waals surface area contributed by atoms with Gasteiger partial charge in [0.15, 0.2) is 8.32 Å². The zero-order valence-electron chi connectivity index (χ0n) is 11.6. The summed E-state index contributed by atoms with van der Waals surface area (Å²) in [4.78, 5) is 0. The summed E-state index contributed by atoms with van der Waals surface area (Å²) in [6, 6.07) is 0. The summed E-state index contributed by atoms with van der Waals surface area (Å²) in [5, 5.41) is 9.49. The normalized spacial score (nSPS) is 30.3. The van der Waals surface area contributed by atoms with Crippen LogP contribution in [-0.4, -0.2) is 25.6 Å². The molecule has 2 atom stereocenters. The van der Waals surface area contributed by atoms with Crippen LogP contribution in [0, 0.1) is 5.92 Å². The largest absolute Gasteiger partial charge is 0.407 e. The van der Waals surface area contributed by atoms with Crippen LogP contribution in [-0.2, 0) is 4.43 Å². The van der Waals surface area contributed by atoms with Crippen molar-refractivity contribution >= 4 is 8.32 Å². The first kappa shape index (κ1) is 13.9. The van der Waals surface area contributed by atoms with Gasteiger partial charge in [0.25, 0.3) is 0 Å². The molecule has 1 aliphatic carbocycles. The first-order valence-electron chi connectivity index (χ1n) is 6.04. The number of hydrogen-bond acceptors (Lipinski definition) is 2. The van der Waals surface area contributed by atoms with E-state index >= 15 is 0 Å². The molecule has 1 saturated carbocycles. The predicted octanol–water partition coefficient (Wildman–Crippen LogP) is 3.34. The maximum Gasteiger partial charge on any atom is 0.193 e. The van der Waals surface area contributed by atoms with Crippen molar-refractivity contribution in [1.29, 1.82) is 0 Å². The predicted molar refractivity (Wildman–Crippen MR) is 71.0 cm³/mol. The molecule has 3 heteroatoms. The van der Waals surface area contributed by atoms with Gasteiger partial charge >= 0.3 is 0 Å². The van der Waals surface area contributed by atoms with E-state index in [9.17, 15) is 5.11 Å². The van der Waals surface area contributed by atoms with Crippen LogP contribution < -0.4 is 0 Å². The van der Waals surface area contributed by atoms with Crippen LogP contribution in [0.5, 0.6) is 0 Å². The van der Waals surface area contributed by atoms with Gasteiger partial charge in [0, 0.05) is 12.5 Å². The lowest BCUT2D eigenvalue weighted by Gasteiger charge is -2.40. The summed E-state index contributed by atoms with van der Waals surface area (Å²) in [5.74, 6) is 0.263. The lowest BCUT2D eigenvalue weighted by Crippen LogP contribution is -2.45. The second-order valence-corrected chi connectivity index (χ2v) is 11.3. The van der Waals surface area contributed by atoms with Crippen molar-refractivity contribution in [2.24, 2.45) is 5.92 Å². The summed E-state index contributed by atoms with van der Waals surface area (Å²) in [6.45, 7) is 17.5. The van der Waals surface area contributed by atoms with E-state index < -0.39 is 8.32 Å². The number of hydrogen-bond donors (Lipinski definition) is 1. The highest BCUT2D eigenvalue weighted by Crippen LogP contribution is 2.55. The molecule has 1 aliphatic rings. The Labute approximate surface area is 101 Å². The second kappa shape index (κ2) is 3.97. The zero-order chi connectivity index (χ0) is 12.8. The standard InChI is InChI=1S/C13H26O2Si/c1-10(2)13(8-11(13)9-14)15-16(6,7)12(3,4)5/h11,14H,1,8-9H2,2-7H3/t11-,13-/m1/s1.